The van der Waals surface area contributed by atoms with Crippen molar-refractivity contribution in [2.45, 2.75) is 4.90 Å². The quantitative estimate of drug-likeness (QED) is 0.584. The summed E-state index contributed by atoms with van der Waals surface area (Å²) in [6.07, 6.45) is 6.17. The standard InChI is InChI=1S/C16H14N6O2S/c1-22-16-11(7-20-22)3-2-4-14(16)21-25(23,24)12-5-6-13(18-8-12)15-9-17-10-19-15/h2-10,21H,1H3,(H,17,19). The predicted octanol–water partition coefficient (Wildman–Crippen LogP) is 2.16. The zero-order chi connectivity index (χ0) is 17.4. The number of fused-ring (bicyclic) bond motifs is 1. The molecule has 126 valence electrons. The third-order valence-electron chi connectivity index (χ3n) is 3.83. The van der Waals surface area contributed by atoms with E-state index in [2.05, 4.69) is 24.8 Å². The third kappa shape index (κ3) is 2.74. The number of hydrogen-bond donors (Lipinski definition) is 2. The lowest BCUT2D eigenvalue weighted by Crippen LogP contribution is -2.14. The van der Waals surface area contributed by atoms with Gasteiger partial charge in [0.05, 0.1) is 41.3 Å². The maximum Gasteiger partial charge on any atom is 0.263 e. The van der Waals surface area contributed by atoms with Crippen molar-refractivity contribution in [3.8, 4) is 11.4 Å². The number of aromatic amines is 1. The number of aryl methyl sites for hydroxylation is 1. The van der Waals surface area contributed by atoms with E-state index in [1.807, 2.05) is 6.07 Å². The largest absolute Gasteiger partial charge is 0.343 e. The van der Waals surface area contributed by atoms with Gasteiger partial charge in [0.15, 0.2) is 0 Å². The Labute approximate surface area is 143 Å². The minimum atomic E-state index is -3.76. The Kier molecular flexibility index (Phi) is 3.50. The monoisotopic (exact) mass is 354 g/mol. The maximum atomic E-state index is 12.7. The second-order valence-electron chi connectivity index (χ2n) is 5.46. The molecule has 0 radical (unpaired) electrons. The fourth-order valence-corrected chi connectivity index (χ4v) is 3.62. The summed E-state index contributed by atoms with van der Waals surface area (Å²) in [6.45, 7) is 0. The minimum absolute atomic E-state index is 0.0786. The van der Waals surface area contributed by atoms with Crippen LogP contribution in [0.4, 0.5) is 5.69 Å². The van der Waals surface area contributed by atoms with Gasteiger partial charge in [0.1, 0.15) is 4.90 Å². The van der Waals surface area contributed by atoms with Crippen LogP contribution in [0.3, 0.4) is 0 Å². The van der Waals surface area contributed by atoms with E-state index in [4.69, 9.17) is 0 Å². The van der Waals surface area contributed by atoms with E-state index >= 15 is 0 Å². The van der Waals surface area contributed by atoms with Gasteiger partial charge in [0, 0.05) is 18.6 Å². The molecule has 0 saturated carbocycles. The molecule has 0 aliphatic carbocycles. The number of pyridine rings is 1. The number of benzene rings is 1. The molecule has 4 rings (SSSR count). The molecule has 1 aromatic carbocycles. The molecule has 0 aliphatic rings. The smallest absolute Gasteiger partial charge is 0.263 e. The number of imidazole rings is 1. The first kappa shape index (κ1) is 15.3. The van der Waals surface area contributed by atoms with E-state index < -0.39 is 10.0 Å². The molecule has 9 heteroatoms. The van der Waals surface area contributed by atoms with Gasteiger partial charge < -0.3 is 4.98 Å². The number of aromatic nitrogens is 5. The molecular weight excluding hydrogens is 340 g/mol. The molecule has 2 N–H and O–H groups in total. The molecule has 0 amide bonds. The zero-order valence-corrected chi connectivity index (χ0v) is 14.0. The third-order valence-corrected chi connectivity index (χ3v) is 5.18. The lowest BCUT2D eigenvalue weighted by molar-refractivity contribution is 0.601. The van der Waals surface area contributed by atoms with Crippen molar-refractivity contribution in [1.29, 1.82) is 0 Å². The first-order valence-electron chi connectivity index (χ1n) is 7.43. The summed E-state index contributed by atoms with van der Waals surface area (Å²) in [5.74, 6) is 0. The Balaban J connectivity index is 1.68. The summed E-state index contributed by atoms with van der Waals surface area (Å²) >= 11 is 0. The summed E-state index contributed by atoms with van der Waals surface area (Å²) in [5, 5.41) is 5.02. The normalized spacial score (nSPS) is 11.7. The highest BCUT2D eigenvalue weighted by atomic mass is 32.2. The van der Waals surface area contributed by atoms with Crippen LogP contribution in [0.5, 0.6) is 0 Å². The van der Waals surface area contributed by atoms with Gasteiger partial charge in [-0.25, -0.2) is 13.4 Å². The summed E-state index contributed by atoms with van der Waals surface area (Å²) in [4.78, 5) is 11.1. The van der Waals surface area contributed by atoms with Crippen molar-refractivity contribution < 1.29 is 8.42 Å². The molecule has 0 spiro atoms. The number of rotatable bonds is 4. The molecule has 0 saturated heterocycles. The van der Waals surface area contributed by atoms with Crippen LogP contribution in [0.2, 0.25) is 0 Å². The van der Waals surface area contributed by atoms with E-state index in [0.717, 1.165) is 11.1 Å². The molecule has 8 nitrogen and oxygen atoms in total. The molecular formula is C16H14N6O2S. The van der Waals surface area contributed by atoms with Crippen molar-refractivity contribution in [3.63, 3.8) is 0 Å². The topological polar surface area (TPSA) is 106 Å². The maximum absolute atomic E-state index is 12.7. The Morgan fingerprint density at radius 1 is 1.12 bits per heavy atom. The summed E-state index contributed by atoms with van der Waals surface area (Å²) < 4.78 is 29.6. The highest BCUT2D eigenvalue weighted by Crippen LogP contribution is 2.25. The van der Waals surface area contributed by atoms with E-state index in [1.165, 1.54) is 18.6 Å². The van der Waals surface area contributed by atoms with Crippen LogP contribution in [0.25, 0.3) is 22.3 Å². The average molecular weight is 354 g/mol. The first-order chi connectivity index (χ1) is 12.0. The molecule has 0 unspecified atom stereocenters. The number of nitrogens with zero attached hydrogens (tertiary/aromatic N) is 4. The molecule has 4 aromatic rings. The summed E-state index contributed by atoms with van der Waals surface area (Å²) in [7, 11) is -2.00. The van der Waals surface area contributed by atoms with Crippen molar-refractivity contribution in [1.82, 2.24) is 24.7 Å². The Hall–Kier alpha value is -3.20. The number of anilines is 1. The van der Waals surface area contributed by atoms with Crippen LogP contribution in [0, 0.1) is 0 Å². The van der Waals surface area contributed by atoms with Crippen LogP contribution in [-0.2, 0) is 17.1 Å². The molecule has 0 fully saturated rings. The molecule has 3 heterocycles. The van der Waals surface area contributed by atoms with E-state index in [0.29, 0.717) is 16.9 Å². The summed E-state index contributed by atoms with van der Waals surface area (Å²) in [5.41, 5.74) is 2.52. The number of H-pyrrole nitrogens is 1. The Morgan fingerprint density at radius 3 is 2.72 bits per heavy atom. The number of hydrogen-bond acceptors (Lipinski definition) is 5. The summed E-state index contributed by atoms with van der Waals surface area (Å²) in [6, 6.07) is 8.50. The van der Waals surface area contributed by atoms with Crippen molar-refractivity contribution >= 4 is 26.6 Å². The highest BCUT2D eigenvalue weighted by Gasteiger charge is 2.17. The predicted molar refractivity (Wildman–Crippen MR) is 93.3 cm³/mol. The van der Waals surface area contributed by atoms with Crippen molar-refractivity contribution in [3.05, 3.63) is 55.2 Å². The van der Waals surface area contributed by atoms with Crippen LogP contribution < -0.4 is 4.72 Å². The highest BCUT2D eigenvalue weighted by molar-refractivity contribution is 7.92. The molecule has 25 heavy (non-hydrogen) atoms. The van der Waals surface area contributed by atoms with Gasteiger partial charge in [-0.15, -0.1) is 0 Å². The van der Waals surface area contributed by atoms with Gasteiger partial charge in [-0.1, -0.05) is 12.1 Å². The fraction of sp³-hybridized carbons (Fsp3) is 0.0625. The van der Waals surface area contributed by atoms with Crippen LogP contribution in [-0.4, -0.2) is 33.2 Å². The van der Waals surface area contributed by atoms with Crippen molar-refractivity contribution in [2.24, 2.45) is 7.05 Å². The van der Waals surface area contributed by atoms with Crippen molar-refractivity contribution in [2.75, 3.05) is 4.72 Å². The van der Waals surface area contributed by atoms with E-state index in [-0.39, 0.29) is 4.90 Å². The molecule has 0 bridgehead atoms. The molecule has 3 aromatic heterocycles. The first-order valence-corrected chi connectivity index (χ1v) is 8.91. The fourth-order valence-electron chi connectivity index (χ4n) is 2.61. The Morgan fingerprint density at radius 2 is 2.00 bits per heavy atom. The van der Waals surface area contributed by atoms with Gasteiger partial charge in [0.2, 0.25) is 0 Å². The minimum Gasteiger partial charge on any atom is -0.343 e. The number of sulfonamides is 1. The van der Waals surface area contributed by atoms with Gasteiger partial charge in [-0.3, -0.25) is 14.4 Å². The SMILES string of the molecule is Cn1ncc2cccc(NS(=O)(=O)c3ccc(-c4cnc[nH]4)nc3)c21. The molecule has 0 atom stereocenters. The lowest BCUT2D eigenvalue weighted by atomic mass is 10.2. The molecule has 0 aliphatic heterocycles. The van der Waals surface area contributed by atoms with Gasteiger partial charge in [0.25, 0.3) is 10.0 Å². The second kappa shape index (κ2) is 5.71. The van der Waals surface area contributed by atoms with E-state index in [9.17, 15) is 8.42 Å². The lowest BCUT2D eigenvalue weighted by Gasteiger charge is -2.10. The van der Waals surface area contributed by atoms with Gasteiger partial charge in [-0.2, -0.15) is 5.10 Å². The zero-order valence-electron chi connectivity index (χ0n) is 13.2. The average Bonchev–Trinajstić information content (AvgIpc) is 3.26. The van der Waals surface area contributed by atoms with Gasteiger partial charge >= 0.3 is 0 Å². The number of nitrogens with one attached hydrogen (secondary N) is 2. The van der Waals surface area contributed by atoms with Crippen LogP contribution in [0.1, 0.15) is 0 Å². The van der Waals surface area contributed by atoms with E-state index in [1.54, 1.807) is 42.3 Å². The second-order valence-corrected chi connectivity index (χ2v) is 7.14. The van der Waals surface area contributed by atoms with Crippen LogP contribution in [0.15, 0.2) is 60.1 Å². The van der Waals surface area contributed by atoms with Crippen LogP contribution >= 0.6 is 0 Å². The Bertz CT molecular complexity index is 1130. The number of para-hydroxylation sites is 1. The van der Waals surface area contributed by atoms with Gasteiger partial charge in [-0.05, 0) is 18.2 Å².